The van der Waals surface area contributed by atoms with E-state index >= 15 is 0 Å². The Morgan fingerprint density at radius 1 is 1.50 bits per heavy atom. The van der Waals surface area contributed by atoms with Crippen LogP contribution in [0.25, 0.3) is 0 Å². The predicted molar refractivity (Wildman–Crippen MR) is 64.0 cm³/mol. The van der Waals surface area contributed by atoms with Crippen LogP contribution in [0.2, 0.25) is 0 Å². The minimum atomic E-state index is -0.320. The molecule has 0 aromatic carbocycles. The molecule has 4 nitrogen and oxygen atoms in total. The van der Waals surface area contributed by atoms with E-state index < -0.39 is 0 Å². The lowest BCUT2D eigenvalue weighted by Crippen LogP contribution is -2.30. The second-order valence-electron chi connectivity index (χ2n) is 4.38. The molecule has 0 aliphatic carbocycles. The van der Waals surface area contributed by atoms with Crippen molar-refractivity contribution in [1.82, 2.24) is 10.2 Å². The molecule has 1 N–H and O–H groups in total. The molecule has 16 heavy (non-hydrogen) atoms. The minimum Gasteiger partial charge on any atom is -0.466 e. The highest BCUT2D eigenvalue weighted by Gasteiger charge is 2.13. The number of methoxy groups -OCH3 is 1. The van der Waals surface area contributed by atoms with Crippen LogP contribution in [0.1, 0.15) is 19.8 Å². The summed E-state index contributed by atoms with van der Waals surface area (Å²) in [6, 6.07) is 0. The zero-order valence-electron chi connectivity index (χ0n) is 10.2. The number of likely N-dealkylation sites (tertiary alicyclic amines) is 1. The number of carbonyl (C=O) groups is 1. The van der Waals surface area contributed by atoms with Crippen molar-refractivity contribution in [1.29, 1.82) is 0 Å². The summed E-state index contributed by atoms with van der Waals surface area (Å²) >= 11 is 0. The van der Waals surface area contributed by atoms with E-state index in [0.717, 1.165) is 13.1 Å². The molecule has 92 valence electrons. The zero-order chi connectivity index (χ0) is 11.8. The number of esters is 1. The van der Waals surface area contributed by atoms with Gasteiger partial charge in [-0.3, -0.25) is 0 Å². The molecular weight excluding hydrogens is 204 g/mol. The third-order valence-electron chi connectivity index (χ3n) is 2.77. The first kappa shape index (κ1) is 13.0. The maximum absolute atomic E-state index is 10.8. The van der Waals surface area contributed by atoms with Crippen molar-refractivity contribution in [3.63, 3.8) is 0 Å². The van der Waals surface area contributed by atoms with Crippen LogP contribution in [0, 0.1) is 5.92 Å². The van der Waals surface area contributed by atoms with E-state index in [9.17, 15) is 4.79 Å². The van der Waals surface area contributed by atoms with Crippen LogP contribution in [-0.2, 0) is 9.53 Å². The molecule has 0 saturated carbocycles. The summed E-state index contributed by atoms with van der Waals surface area (Å²) < 4.78 is 4.49. The molecule has 0 aromatic rings. The number of nitrogens with zero attached hydrogens (tertiary/aromatic N) is 1. The van der Waals surface area contributed by atoms with Gasteiger partial charge in [0.1, 0.15) is 0 Å². The molecule has 1 aliphatic heterocycles. The summed E-state index contributed by atoms with van der Waals surface area (Å²) in [4.78, 5) is 13.3. The predicted octanol–water partition coefficient (Wildman–Crippen LogP) is 0.995. The van der Waals surface area contributed by atoms with E-state index in [4.69, 9.17) is 0 Å². The fourth-order valence-electron chi connectivity index (χ4n) is 1.93. The molecular formula is C12H22N2O2. The monoisotopic (exact) mass is 226 g/mol. The average molecular weight is 226 g/mol. The quantitative estimate of drug-likeness (QED) is 0.542. The molecule has 0 spiro atoms. The smallest absolute Gasteiger partial charge is 0.331 e. The molecule has 1 atom stereocenters. The molecule has 1 saturated heterocycles. The number of ether oxygens (including phenoxy) is 1. The van der Waals surface area contributed by atoms with Gasteiger partial charge in [-0.25, -0.2) is 4.79 Å². The van der Waals surface area contributed by atoms with Gasteiger partial charge in [0.15, 0.2) is 0 Å². The van der Waals surface area contributed by atoms with Crippen molar-refractivity contribution in [2.45, 2.75) is 19.8 Å². The van der Waals surface area contributed by atoms with Crippen LogP contribution in [-0.4, -0.2) is 44.2 Å². The van der Waals surface area contributed by atoms with Gasteiger partial charge in [0.25, 0.3) is 0 Å². The summed E-state index contributed by atoms with van der Waals surface area (Å²) in [5.41, 5.74) is 0. The van der Waals surface area contributed by atoms with E-state index in [1.807, 2.05) is 0 Å². The maximum atomic E-state index is 10.8. The maximum Gasteiger partial charge on any atom is 0.331 e. The highest BCUT2D eigenvalue weighted by atomic mass is 16.5. The lowest BCUT2D eigenvalue weighted by atomic mass is 10.1. The van der Waals surface area contributed by atoms with Crippen LogP contribution >= 0.6 is 0 Å². The number of nitrogens with one attached hydrogen (secondary N) is 1. The van der Waals surface area contributed by atoms with Gasteiger partial charge in [-0.1, -0.05) is 6.92 Å². The van der Waals surface area contributed by atoms with Crippen LogP contribution < -0.4 is 5.32 Å². The topological polar surface area (TPSA) is 41.6 Å². The fourth-order valence-corrected chi connectivity index (χ4v) is 1.93. The Morgan fingerprint density at radius 2 is 2.19 bits per heavy atom. The molecule has 0 aromatic heterocycles. The normalized spacial score (nSPS) is 18.9. The molecule has 0 radical (unpaired) electrons. The van der Waals surface area contributed by atoms with Crippen LogP contribution in [0.15, 0.2) is 12.3 Å². The number of hydrogen-bond donors (Lipinski definition) is 1. The van der Waals surface area contributed by atoms with Gasteiger partial charge in [0, 0.05) is 25.4 Å². The summed E-state index contributed by atoms with van der Waals surface area (Å²) in [5.74, 6) is 0.278. The van der Waals surface area contributed by atoms with E-state index in [-0.39, 0.29) is 5.97 Å². The van der Waals surface area contributed by atoms with Crippen LogP contribution in [0.4, 0.5) is 0 Å². The van der Waals surface area contributed by atoms with Gasteiger partial charge >= 0.3 is 5.97 Å². The minimum absolute atomic E-state index is 0.320. The van der Waals surface area contributed by atoms with E-state index in [0.29, 0.717) is 5.92 Å². The van der Waals surface area contributed by atoms with Gasteiger partial charge in [-0.05, 0) is 31.8 Å². The van der Waals surface area contributed by atoms with Crippen molar-refractivity contribution >= 4 is 5.97 Å². The summed E-state index contributed by atoms with van der Waals surface area (Å²) in [6.07, 6.45) is 5.74. The summed E-state index contributed by atoms with van der Waals surface area (Å²) in [6.45, 7) is 6.73. The molecule has 4 heteroatoms. The van der Waals surface area contributed by atoms with Gasteiger partial charge in [-0.15, -0.1) is 0 Å². The van der Waals surface area contributed by atoms with E-state index in [1.165, 1.54) is 39.1 Å². The molecule has 1 rings (SSSR count). The van der Waals surface area contributed by atoms with E-state index in [2.05, 4.69) is 21.9 Å². The van der Waals surface area contributed by atoms with Crippen LogP contribution in [0.5, 0.6) is 0 Å². The first-order chi connectivity index (χ1) is 7.72. The number of carbonyl (C=O) groups excluding carboxylic acids is 1. The van der Waals surface area contributed by atoms with Crippen molar-refractivity contribution in [2.24, 2.45) is 5.92 Å². The van der Waals surface area contributed by atoms with Gasteiger partial charge in [0.05, 0.1) is 7.11 Å². The van der Waals surface area contributed by atoms with Crippen molar-refractivity contribution in [3.8, 4) is 0 Å². The number of rotatable bonds is 6. The second kappa shape index (κ2) is 7.28. The largest absolute Gasteiger partial charge is 0.466 e. The summed E-state index contributed by atoms with van der Waals surface area (Å²) in [5, 5.41) is 3.12. The molecule has 0 amide bonds. The van der Waals surface area contributed by atoms with Crippen molar-refractivity contribution in [2.75, 3.05) is 33.3 Å². The lowest BCUT2D eigenvalue weighted by molar-refractivity contribution is -0.134. The Balaban J connectivity index is 2.07. The Kier molecular flexibility index (Phi) is 5.93. The standard InChI is InChI=1S/C12H22N2O2/c1-11(10-14-7-3-4-8-14)9-13-6-5-12(15)16-2/h5-6,11,13H,3-4,7-10H2,1-2H3/b6-5+. The molecule has 1 aliphatic rings. The zero-order valence-corrected chi connectivity index (χ0v) is 10.2. The third-order valence-corrected chi connectivity index (χ3v) is 2.77. The van der Waals surface area contributed by atoms with E-state index in [1.54, 1.807) is 6.20 Å². The average Bonchev–Trinajstić information content (AvgIpc) is 2.76. The Hall–Kier alpha value is -1.03. The lowest BCUT2D eigenvalue weighted by Gasteiger charge is -2.19. The third kappa shape index (κ3) is 5.16. The molecule has 0 bridgehead atoms. The second-order valence-corrected chi connectivity index (χ2v) is 4.38. The highest BCUT2D eigenvalue weighted by Crippen LogP contribution is 2.09. The first-order valence-corrected chi connectivity index (χ1v) is 5.92. The molecule has 1 fully saturated rings. The van der Waals surface area contributed by atoms with Gasteiger partial charge < -0.3 is 15.0 Å². The Labute approximate surface area is 97.6 Å². The van der Waals surface area contributed by atoms with Crippen molar-refractivity contribution in [3.05, 3.63) is 12.3 Å². The Morgan fingerprint density at radius 3 is 2.81 bits per heavy atom. The van der Waals surface area contributed by atoms with Gasteiger partial charge in [-0.2, -0.15) is 0 Å². The van der Waals surface area contributed by atoms with Crippen molar-refractivity contribution < 1.29 is 9.53 Å². The number of hydrogen-bond acceptors (Lipinski definition) is 4. The fraction of sp³-hybridized carbons (Fsp3) is 0.750. The van der Waals surface area contributed by atoms with Crippen LogP contribution in [0.3, 0.4) is 0 Å². The van der Waals surface area contributed by atoms with Gasteiger partial charge in [0.2, 0.25) is 0 Å². The summed E-state index contributed by atoms with van der Waals surface area (Å²) in [7, 11) is 1.38. The first-order valence-electron chi connectivity index (χ1n) is 5.92. The Bertz CT molecular complexity index is 235. The molecule has 1 heterocycles. The molecule has 1 unspecified atom stereocenters. The SMILES string of the molecule is COC(=O)/C=C/NCC(C)CN1CCCC1. The highest BCUT2D eigenvalue weighted by molar-refractivity contribution is 5.81.